The van der Waals surface area contributed by atoms with Gasteiger partial charge in [-0.25, -0.2) is 4.39 Å². The summed E-state index contributed by atoms with van der Waals surface area (Å²) in [6.45, 7) is 0.487. The third kappa shape index (κ3) is 4.40. The van der Waals surface area contributed by atoms with Gasteiger partial charge in [-0.2, -0.15) is 13.2 Å². The van der Waals surface area contributed by atoms with Crippen LogP contribution in [0.3, 0.4) is 0 Å². The van der Waals surface area contributed by atoms with Crippen LogP contribution in [0.2, 0.25) is 0 Å². The average Bonchev–Trinajstić information content (AvgIpc) is 3.29. The Balaban J connectivity index is 1.67. The predicted octanol–water partition coefficient (Wildman–Crippen LogP) is 3.93. The molecule has 0 spiro atoms. The molecule has 3 N–H and O–H groups in total. The number of hydrogen-bond donors (Lipinski definition) is 3. The van der Waals surface area contributed by atoms with E-state index in [9.17, 15) is 27.2 Å². The molecule has 2 aromatic carbocycles. The fraction of sp³-hybridized carbons (Fsp3) is 0.273. The van der Waals surface area contributed by atoms with Crippen molar-refractivity contribution < 1.29 is 27.2 Å². The number of nitrogens with one attached hydrogen (secondary N) is 3. The standard InChI is InChI=1S/C22H19F4N3O2/c23-14-4-1-12(2-5-14)20-15(6-8-19(30)28-18-9-10-27-21(18)31)16-11-13(22(24,25)26)3-7-17(16)29-20/h1-5,7,11,18,29H,6,8-10H2,(H,27,31)(H,28,30). The van der Waals surface area contributed by atoms with Gasteiger partial charge >= 0.3 is 6.18 Å². The number of hydrogen-bond acceptors (Lipinski definition) is 2. The Hall–Kier alpha value is -3.36. The SMILES string of the molecule is O=C(CCc1c(-c2ccc(F)cc2)[nH]c2ccc(C(F)(F)F)cc12)NC1CCNC1=O. The van der Waals surface area contributed by atoms with E-state index in [1.165, 1.54) is 30.3 Å². The van der Waals surface area contributed by atoms with Crippen LogP contribution in [0, 0.1) is 5.82 Å². The molecular formula is C22H19F4N3O2. The van der Waals surface area contributed by atoms with Crippen LogP contribution in [-0.2, 0) is 22.2 Å². The van der Waals surface area contributed by atoms with Crippen molar-refractivity contribution in [3.05, 3.63) is 59.4 Å². The number of carbonyl (C=O) groups excluding carboxylic acids is 2. The molecule has 0 saturated carbocycles. The molecule has 0 radical (unpaired) electrons. The number of aromatic nitrogens is 1. The maximum absolute atomic E-state index is 13.4. The first-order chi connectivity index (χ1) is 14.7. The molecular weight excluding hydrogens is 414 g/mol. The average molecular weight is 433 g/mol. The lowest BCUT2D eigenvalue weighted by atomic mass is 9.99. The largest absolute Gasteiger partial charge is 0.416 e. The lowest BCUT2D eigenvalue weighted by Gasteiger charge is -2.11. The van der Waals surface area contributed by atoms with Gasteiger partial charge < -0.3 is 15.6 Å². The summed E-state index contributed by atoms with van der Waals surface area (Å²) in [6.07, 6.45) is -3.88. The van der Waals surface area contributed by atoms with E-state index < -0.39 is 23.6 Å². The fourth-order valence-electron chi connectivity index (χ4n) is 3.78. The predicted molar refractivity (Wildman–Crippen MR) is 107 cm³/mol. The van der Waals surface area contributed by atoms with Crippen molar-refractivity contribution in [2.24, 2.45) is 0 Å². The minimum Gasteiger partial charge on any atom is -0.354 e. The summed E-state index contributed by atoms with van der Waals surface area (Å²) in [7, 11) is 0. The Kier molecular flexibility index (Phi) is 5.43. The van der Waals surface area contributed by atoms with Gasteiger partial charge in [-0.1, -0.05) is 0 Å². The molecule has 31 heavy (non-hydrogen) atoms. The Morgan fingerprint density at radius 3 is 2.52 bits per heavy atom. The number of alkyl halides is 3. The second-order valence-corrected chi connectivity index (χ2v) is 7.44. The first-order valence-corrected chi connectivity index (χ1v) is 9.77. The summed E-state index contributed by atoms with van der Waals surface area (Å²) in [6, 6.07) is 8.36. The zero-order valence-corrected chi connectivity index (χ0v) is 16.3. The summed E-state index contributed by atoms with van der Waals surface area (Å²) < 4.78 is 53.1. The third-order valence-electron chi connectivity index (χ3n) is 5.35. The quantitative estimate of drug-likeness (QED) is 0.534. The van der Waals surface area contributed by atoms with Crippen LogP contribution in [0.5, 0.6) is 0 Å². The maximum Gasteiger partial charge on any atom is 0.416 e. The summed E-state index contributed by atoms with van der Waals surface area (Å²) >= 11 is 0. The smallest absolute Gasteiger partial charge is 0.354 e. The summed E-state index contributed by atoms with van der Waals surface area (Å²) in [4.78, 5) is 27.1. The summed E-state index contributed by atoms with van der Waals surface area (Å²) in [5.41, 5.74) is 1.34. The highest BCUT2D eigenvalue weighted by molar-refractivity contribution is 5.93. The van der Waals surface area contributed by atoms with Gasteiger partial charge in [0.05, 0.1) is 5.56 Å². The van der Waals surface area contributed by atoms with Crippen LogP contribution < -0.4 is 10.6 Å². The van der Waals surface area contributed by atoms with Crippen LogP contribution in [0.4, 0.5) is 17.6 Å². The molecule has 1 atom stereocenters. The van der Waals surface area contributed by atoms with Gasteiger partial charge in [0, 0.05) is 29.6 Å². The zero-order valence-electron chi connectivity index (χ0n) is 16.3. The van der Waals surface area contributed by atoms with Crippen molar-refractivity contribution in [1.29, 1.82) is 0 Å². The van der Waals surface area contributed by atoms with Gasteiger partial charge in [0.1, 0.15) is 11.9 Å². The van der Waals surface area contributed by atoms with E-state index in [0.29, 0.717) is 40.7 Å². The Morgan fingerprint density at radius 1 is 1.13 bits per heavy atom. The van der Waals surface area contributed by atoms with Crippen molar-refractivity contribution in [2.75, 3.05) is 6.54 Å². The van der Waals surface area contributed by atoms with Crippen molar-refractivity contribution in [1.82, 2.24) is 15.6 Å². The molecule has 1 aliphatic heterocycles. The number of amides is 2. The monoisotopic (exact) mass is 433 g/mol. The number of halogens is 4. The third-order valence-corrected chi connectivity index (χ3v) is 5.35. The first kappa shape index (κ1) is 20.9. The Morgan fingerprint density at radius 2 is 1.87 bits per heavy atom. The summed E-state index contributed by atoms with van der Waals surface area (Å²) in [5, 5.41) is 5.63. The van der Waals surface area contributed by atoms with Crippen molar-refractivity contribution in [3.8, 4) is 11.3 Å². The minimum absolute atomic E-state index is 0.0127. The van der Waals surface area contributed by atoms with Gasteiger partial charge in [0.15, 0.2) is 0 Å². The number of H-pyrrole nitrogens is 1. The van der Waals surface area contributed by atoms with Gasteiger partial charge in [-0.3, -0.25) is 9.59 Å². The molecule has 1 fully saturated rings. The molecule has 4 rings (SSSR count). The van der Waals surface area contributed by atoms with Gasteiger partial charge in [-0.15, -0.1) is 0 Å². The molecule has 0 aliphatic carbocycles. The van der Waals surface area contributed by atoms with Gasteiger partial charge in [-0.05, 0) is 66.4 Å². The van der Waals surface area contributed by atoms with Crippen molar-refractivity contribution >= 4 is 22.7 Å². The molecule has 1 aliphatic rings. The molecule has 162 valence electrons. The van der Waals surface area contributed by atoms with Crippen molar-refractivity contribution in [3.63, 3.8) is 0 Å². The lowest BCUT2D eigenvalue weighted by molar-refractivity contribution is -0.137. The van der Waals surface area contributed by atoms with Crippen LogP contribution in [0.25, 0.3) is 22.2 Å². The number of rotatable bonds is 5. The molecule has 2 amide bonds. The maximum atomic E-state index is 13.4. The Labute approximate surface area is 174 Å². The molecule has 1 saturated heterocycles. The van der Waals surface area contributed by atoms with E-state index in [2.05, 4.69) is 15.6 Å². The summed E-state index contributed by atoms with van der Waals surface area (Å²) in [5.74, 6) is -1.05. The molecule has 2 heterocycles. The fourth-order valence-corrected chi connectivity index (χ4v) is 3.78. The molecule has 9 heteroatoms. The van der Waals surface area contributed by atoms with E-state index >= 15 is 0 Å². The van der Waals surface area contributed by atoms with E-state index in [-0.39, 0.29) is 24.7 Å². The number of fused-ring (bicyclic) bond motifs is 1. The number of aryl methyl sites for hydroxylation is 1. The highest BCUT2D eigenvalue weighted by atomic mass is 19.4. The van der Waals surface area contributed by atoms with E-state index in [1.807, 2.05) is 0 Å². The molecule has 5 nitrogen and oxygen atoms in total. The minimum atomic E-state index is -4.51. The number of benzene rings is 2. The van der Waals surface area contributed by atoms with Crippen LogP contribution in [-0.4, -0.2) is 29.4 Å². The van der Waals surface area contributed by atoms with E-state index in [1.54, 1.807) is 0 Å². The molecule has 1 unspecified atom stereocenters. The normalized spacial score (nSPS) is 16.5. The topological polar surface area (TPSA) is 74.0 Å². The van der Waals surface area contributed by atoms with Crippen molar-refractivity contribution in [2.45, 2.75) is 31.5 Å². The van der Waals surface area contributed by atoms with Gasteiger partial charge in [0.25, 0.3) is 0 Å². The highest BCUT2D eigenvalue weighted by Crippen LogP contribution is 2.36. The van der Waals surface area contributed by atoms with Crippen LogP contribution in [0.1, 0.15) is 24.0 Å². The second kappa shape index (κ2) is 8.05. The van der Waals surface area contributed by atoms with E-state index in [4.69, 9.17) is 0 Å². The van der Waals surface area contributed by atoms with Crippen LogP contribution in [0.15, 0.2) is 42.5 Å². The highest BCUT2D eigenvalue weighted by Gasteiger charge is 2.31. The first-order valence-electron chi connectivity index (χ1n) is 9.77. The molecule has 3 aromatic rings. The molecule has 1 aromatic heterocycles. The molecule has 0 bridgehead atoms. The number of aromatic amines is 1. The number of carbonyl (C=O) groups is 2. The van der Waals surface area contributed by atoms with Gasteiger partial charge in [0.2, 0.25) is 11.8 Å². The Bertz CT molecular complexity index is 1140. The van der Waals surface area contributed by atoms with Crippen LogP contribution >= 0.6 is 0 Å². The van der Waals surface area contributed by atoms with E-state index in [0.717, 1.165) is 12.1 Å². The second-order valence-electron chi connectivity index (χ2n) is 7.44. The lowest BCUT2D eigenvalue weighted by Crippen LogP contribution is -2.40. The zero-order chi connectivity index (χ0) is 22.2.